The fraction of sp³-hybridized carbons (Fsp3) is 0.250. The molecule has 0 bridgehead atoms. The summed E-state index contributed by atoms with van der Waals surface area (Å²) in [5.74, 6) is -2.17. The van der Waals surface area contributed by atoms with Gasteiger partial charge in [-0.05, 0) is 37.0 Å². The molecule has 2 rings (SSSR count). The van der Waals surface area contributed by atoms with Crippen LogP contribution in [0.4, 0.5) is 8.78 Å². The summed E-state index contributed by atoms with van der Waals surface area (Å²) in [6.07, 6.45) is 2.20. The largest absolute Gasteiger partial charge is 0.246 e. The normalized spacial score (nSPS) is 11.5. The Balaban J connectivity index is 1.86. The summed E-state index contributed by atoms with van der Waals surface area (Å²) < 4.78 is 53.0. The van der Waals surface area contributed by atoms with E-state index in [0.717, 1.165) is 31.0 Å². The van der Waals surface area contributed by atoms with E-state index < -0.39 is 26.6 Å². The highest BCUT2D eigenvalue weighted by Crippen LogP contribution is 2.17. The van der Waals surface area contributed by atoms with Crippen LogP contribution < -0.4 is 4.72 Å². The maximum atomic E-state index is 13.5. The lowest BCUT2D eigenvalue weighted by Gasteiger charge is -2.08. The summed E-state index contributed by atoms with van der Waals surface area (Å²) in [7, 11) is -4.17. The SMILES string of the molecule is O=S(=O)(NCCCCc1ccccc1)c1c(F)cccc1F. The van der Waals surface area contributed by atoms with Crippen LogP contribution in [0.5, 0.6) is 0 Å². The molecule has 22 heavy (non-hydrogen) atoms. The number of rotatable bonds is 7. The van der Waals surface area contributed by atoms with Crippen LogP contribution in [0.25, 0.3) is 0 Å². The number of aryl methyl sites for hydroxylation is 1. The van der Waals surface area contributed by atoms with Crippen LogP contribution in [0.15, 0.2) is 53.4 Å². The van der Waals surface area contributed by atoms with Gasteiger partial charge in [0, 0.05) is 6.54 Å². The monoisotopic (exact) mass is 325 g/mol. The highest BCUT2D eigenvalue weighted by molar-refractivity contribution is 7.89. The van der Waals surface area contributed by atoms with Crippen molar-refractivity contribution >= 4 is 10.0 Å². The van der Waals surface area contributed by atoms with Crippen LogP contribution in [0.3, 0.4) is 0 Å². The third-order valence-electron chi connectivity index (χ3n) is 3.21. The van der Waals surface area contributed by atoms with Crippen LogP contribution in [0.2, 0.25) is 0 Å². The molecule has 6 heteroatoms. The summed E-state index contributed by atoms with van der Waals surface area (Å²) >= 11 is 0. The van der Waals surface area contributed by atoms with E-state index in [0.29, 0.717) is 6.42 Å². The molecule has 0 radical (unpaired) electrons. The van der Waals surface area contributed by atoms with Gasteiger partial charge in [-0.25, -0.2) is 21.9 Å². The fourth-order valence-electron chi connectivity index (χ4n) is 2.12. The molecule has 1 N–H and O–H groups in total. The van der Waals surface area contributed by atoms with Gasteiger partial charge >= 0.3 is 0 Å². The van der Waals surface area contributed by atoms with Crippen molar-refractivity contribution in [1.29, 1.82) is 0 Å². The zero-order valence-corrected chi connectivity index (χ0v) is 12.7. The summed E-state index contributed by atoms with van der Waals surface area (Å²) in [4.78, 5) is -0.918. The van der Waals surface area contributed by atoms with E-state index in [1.807, 2.05) is 30.3 Å². The molecule has 0 saturated carbocycles. The van der Waals surface area contributed by atoms with Crippen molar-refractivity contribution in [2.45, 2.75) is 24.2 Å². The third kappa shape index (κ3) is 4.35. The van der Waals surface area contributed by atoms with Gasteiger partial charge in [-0.3, -0.25) is 0 Å². The fourth-order valence-corrected chi connectivity index (χ4v) is 3.32. The van der Waals surface area contributed by atoms with E-state index in [9.17, 15) is 17.2 Å². The molecule has 118 valence electrons. The molecule has 0 atom stereocenters. The maximum absolute atomic E-state index is 13.5. The Labute approximate surface area is 129 Å². The van der Waals surface area contributed by atoms with Gasteiger partial charge in [0.1, 0.15) is 11.6 Å². The van der Waals surface area contributed by atoms with E-state index in [1.54, 1.807) is 0 Å². The van der Waals surface area contributed by atoms with E-state index >= 15 is 0 Å². The minimum Gasteiger partial charge on any atom is -0.211 e. The first-order valence-corrected chi connectivity index (χ1v) is 8.46. The molecule has 0 heterocycles. The number of hydrogen-bond donors (Lipinski definition) is 1. The van der Waals surface area contributed by atoms with Crippen molar-refractivity contribution in [3.05, 3.63) is 65.7 Å². The molecule has 0 fully saturated rings. The standard InChI is InChI=1S/C16H17F2NO2S/c17-14-10-6-11-15(18)16(14)22(20,21)19-12-5-4-9-13-7-2-1-3-8-13/h1-3,6-8,10-11,19H,4-5,9,12H2. The Kier molecular flexibility index (Phi) is 5.63. The Morgan fingerprint density at radius 2 is 1.50 bits per heavy atom. The molecule has 3 nitrogen and oxygen atoms in total. The lowest BCUT2D eigenvalue weighted by molar-refractivity contribution is 0.513. The Morgan fingerprint density at radius 3 is 2.14 bits per heavy atom. The molecule has 0 aliphatic carbocycles. The van der Waals surface area contributed by atoms with E-state index in [-0.39, 0.29) is 6.54 Å². The van der Waals surface area contributed by atoms with E-state index in [4.69, 9.17) is 0 Å². The topological polar surface area (TPSA) is 46.2 Å². The smallest absolute Gasteiger partial charge is 0.211 e. The number of halogens is 2. The first kappa shape index (κ1) is 16.6. The predicted molar refractivity (Wildman–Crippen MR) is 80.9 cm³/mol. The van der Waals surface area contributed by atoms with E-state index in [2.05, 4.69) is 4.72 Å². The Bertz CT molecular complexity index is 698. The molecule has 0 aliphatic heterocycles. The first-order valence-electron chi connectivity index (χ1n) is 6.98. The molecule has 2 aromatic carbocycles. The number of sulfonamides is 1. The highest BCUT2D eigenvalue weighted by Gasteiger charge is 2.22. The minimum absolute atomic E-state index is 0.142. The van der Waals surface area contributed by atoms with Crippen molar-refractivity contribution in [3.8, 4) is 0 Å². The zero-order chi connectivity index (χ0) is 16.0. The molecular weight excluding hydrogens is 308 g/mol. The lowest BCUT2D eigenvalue weighted by atomic mass is 10.1. The van der Waals surface area contributed by atoms with Crippen molar-refractivity contribution in [1.82, 2.24) is 4.72 Å². The molecule has 0 aliphatic rings. The molecule has 0 spiro atoms. The van der Waals surface area contributed by atoms with Gasteiger partial charge in [-0.1, -0.05) is 36.4 Å². The molecule has 0 aromatic heterocycles. The Morgan fingerprint density at radius 1 is 0.864 bits per heavy atom. The predicted octanol–water partition coefficient (Wildman–Crippen LogP) is 3.27. The number of unbranched alkanes of at least 4 members (excludes halogenated alkanes) is 1. The second-order valence-electron chi connectivity index (χ2n) is 4.89. The second-order valence-corrected chi connectivity index (χ2v) is 6.60. The quantitative estimate of drug-likeness (QED) is 0.794. The first-order chi connectivity index (χ1) is 10.5. The molecular formula is C16H17F2NO2S. The average molecular weight is 325 g/mol. The Hall–Kier alpha value is -1.79. The van der Waals surface area contributed by atoms with Crippen LogP contribution in [-0.4, -0.2) is 15.0 Å². The molecule has 0 amide bonds. The molecule has 2 aromatic rings. The van der Waals surface area contributed by atoms with E-state index in [1.165, 1.54) is 5.56 Å². The van der Waals surface area contributed by atoms with Crippen LogP contribution in [-0.2, 0) is 16.4 Å². The highest BCUT2D eigenvalue weighted by atomic mass is 32.2. The lowest BCUT2D eigenvalue weighted by Crippen LogP contribution is -2.26. The van der Waals surface area contributed by atoms with Crippen LogP contribution in [0.1, 0.15) is 18.4 Å². The van der Waals surface area contributed by atoms with Gasteiger partial charge in [0.05, 0.1) is 0 Å². The van der Waals surface area contributed by atoms with Gasteiger partial charge in [-0.15, -0.1) is 0 Å². The zero-order valence-electron chi connectivity index (χ0n) is 11.9. The maximum Gasteiger partial charge on any atom is 0.246 e. The van der Waals surface area contributed by atoms with Crippen molar-refractivity contribution < 1.29 is 17.2 Å². The second kappa shape index (κ2) is 7.47. The third-order valence-corrected chi connectivity index (χ3v) is 4.73. The van der Waals surface area contributed by atoms with Crippen LogP contribution in [0, 0.1) is 11.6 Å². The summed E-state index contributed by atoms with van der Waals surface area (Å²) in [5, 5.41) is 0. The number of nitrogens with one attached hydrogen (secondary N) is 1. The van der Waals surface area contributed by atoms with Gasteiger partial charge in [0.2, 0.25) is 10.0 Å². The van der Waals surface area contributed by atoms with Gasteiger partial charge in [0.15, 0.2) is 4.90 Å². The minimum atomic E-state index is -4.17. The summed E-state index contributed by atoms with van der Waals surface area (Å²) in [6, 6.07) is 12.8. The average Bonchev–Trinajstić information content (AvgIpc) is 2.47. The molecule has 0 unspecified atom stereocenters. The number of benzene rings is 2. The van der Waals surface area contributed by atoms with Crippen molar-refractivity contribution in [2.75, 3.05) is 6.54 Å². The van der Waals surface area contributed by atoms with Gasteiger partial charge < -0.3 is 0 Å². The van der Waals surface area contributed by atoms with Gasteiger partial charge in [-0.2, -0.15) is 0 Å². The van der Waals surface area contributed by atoms with Crippen molar-refractivity contribution in [2.24, 2.45) is 0 Å². The molecule has 0 saturated heterocycles. The number of hydrogen-bond acceptors (Lipinski definition) is 2. The van der Waals surface area contributed by atoms with Crippen LogP contribution >= 0.6 is 0 Å². The van der Waals surface area contributed by atoms with Crippen molar-refractivity contribution in [3.63, 3.8) is 0 Å². The summed E-state index contributed by atoms with van der Waals surface area (Å²) in [5.41, 5.74) is 1.17. The van der Waals surface area contributed by atoms with Gasteiger partial charge in [0.25, 0.3) is 0 Å². The summed E-state index contributed by atoms with van der Waals surface area (Å²) in [6.45, 7) is 0.142.